The summed E-state index contributed by atoms with van der Waals surface area (Å²) < 4.78 is 5.07. The van der Waals surface area contributed by atoms with Gasteiger partial charge in [0, 0.05) is 12.1 Å². The van der Waals surface area contributed by atoms with Gasteiger partial charge in [0.25, 0.3) is 5.69 Å². The smallest absolute Gasteiger partial charge is 0.271 e. The van der Waals surface area contributed by atoms with E-state index in [4.69, 9.17) is 4.74 Å². The number of nitrogens with zero attached hydrogens (tertiary/aromatic N) is 2. The topological polar surface area (TPSA) is 101 Å². The van der Waals surface area contributed by atoms with Crippen molar-refractivity contribution in [2.45, 2.75) is 6.10 Å². The number of H-pyrrole nitrogens is 1. The molecule has 1 aromatic heterocycles. The molecule has 7 nitrogen and oxygen atoms in total. The highest BCUT2D eigenvalue weighted by Crippen LogP contribution is 2.25. The maximum absolute atomic E-state index is 10.8. The zero-order valence-corrected chi connectivity index (χ0v) is 11.7. The van der Waals surface area contributed by atoms with Crippen molar-refractivity contribution in [2.75, 3.05) is 7.11 Å². The van der Waals surface area contributed by atoms with Crippen LogP contribution in [0.4, 0.5) is 5.69 Å². The SMILES string of the molecule is COc1ccc(C(O)c2nc3cc([N+](=O)[O-])ccc3[nH]2)cc1. The summed E-state index contributed by atoms with van der Waals surface area (Å²) >= 11 is 0. The number of imidazole rings is 1. The minimum atomic E-state index is -0.947. The number of non-ortho nitro benzene ring substituents is 1. The van der Waals surface area contributed by atoms with E-state index < -0.39 is 11.0 Å². The molecule has 0 aliphatic carbocycles. The van der Waals surface area contributed by atoms with Gasteiger partial charge in [0.15, 0.2) is 0 Å². The van der Waals surface area contributed by atoms with Crippen molar-refractivity contribution in [2.24, 2.45) is 0 Å². The predicted molar refractivity (Wildman–Crippen MR) is 79.8 cm³/mol. The summed E-state index contributed by atoms with van der Waals surface area (Å²) in [5, 5.41) is 21.1. The van der Waals surface area contributed by atoms with E-state index in [1.807, 2.05) is 0 Å². The number of fused-ring (bicyclic) bond motifs is 1. The summed E-state index contributed by atoms with van der Waals surface area (Å²) in [6.07, 6.45) is -0.947. The van der Waals surface area contributed by atoms with Crippen LogP contribution in [-0.4, -0.2) is 27.1 Å². The molecular weight excluding hydrogens is 286 g/mol. The van der Waals surface area contributed by atoms with Crippen LogP contribution in [-0.2, 0) is 0 Å². The molecule has 2 aromatic carbocycles. The second kappa shape index (κ2) is 5.45. The van der Waals surface area contributed by atoms with E-state index in [0.29, 0.717) is 28.2 Å². The van der Waals surface area contributed by atoms with Crippen LogP contribution >= 0.6 is 0 Å². The van der Waals surface area contributed by atoms with Gasteiger partial charge in [0.05, 0.1) is 23.1 Å². The van der Waals surface area contributed by atoms with Crippen LogP contribution in [0.15, 0.2) is 42.5 Å². The summed E-state index contributed by atoms with van der Waals surface area (Å²) in [5.74, 6) is 1.02. The number of aliphatic hydroxyl groups excluding tert-OH is 1. The van der Waals surface area contributed by atoms with E-state index in [1.54, 1.807) is 37.4 Å². The monoisotopic (exact) mass is 299 g/mol. The minimum Gasteiger partial charge on any atom is -0.497 e. The van der Waals surface area contributed by atoms with Crippen molar-refractivity contribution >= 4 is 16.7 Å². The number of nitro benzene ring substituents is 1. The van der Waals surface area contributed by atoms with E-state index in [0.717, 1.165) is 0 Å². The number of aromatic amines is 1. The first-order valence-corrected chi connectivity index (χ1v) is 6.54. The van der Waals surface area contributed by atoms with Crippen molar-refractivity contribution in [1.82, 2.24) is 9.97 Å². The fourth-order valence-electron chi connectivity index (χ4n) is 2.20. The Morgan fingerprint density at radius 3 is 2.64 bits per heavy atom. The van der Waals surface area contributed by atoms with E-state index in [9.17, 15) is 15.2 Å². The maximum atomic E-state index is 10.8. The normalized spacial score (nSPS) is 12.3. The lowest BCUT2D eigenvalue weighted by molar-refractivity contribution is -0.384. The summed E-state index contributed by atoms with van der Waals surface area (Å²) in [7, 11) is 1.57. The second-order valence-electron chi connectivity index (χ2n) is 4.76. The van der Waals surface area contributed by atoms with Gasteiger partial charge in [-0.2, -0.15) is 0 Å². The first kappa shape index (κ1) is 14.0. The molecule has 0 amide bonds. The Labute approximate surface area is 125 Å². The van der Waals surface area contributed by atoms with Crippen LogP contribution in [0.1, 0.15) is 17.5 Å². The van der Waals surface area contributed by atoms with Gasteiger partial charge in [-0.3, -0.25) is 10.1 Å². The molecule has 1 unspecified atom stereocenters. The van der Waals surface area contributed by atoms with Crippen molar-refractivity contribution in [3.8, 4) is 5.75 Å². The highest BCUT2D eigenvalue weighted by atomic mass is 16.6. The molecule has 3 rings (SSSR count). The van der Waals surface area contributed by atoms with Crippen LogP contribution in [0.2, 0.25) is 0 Å². The molecule has 2 N–H and O–H groups in total. The number of nitrogens with one attached hydrogen (secondary N) is 1. The zero-order valence-electron chi connectivity index (χ0n) is 11.7. The lowest BCUT2D eigenvalue weighted by Crippen LogP contribution is -2.01. The van der Waals surface area contributed by atoms with E-state index >= 15 is 0 Å². The molecule has 1 atom stereocenters. The van der Waals surface area contributed by atoms with Gasteiger partial charge in [-0.05, 0) is 23.8 Å². The molecular formula is C15H13N3O4. The molecule has 112 valence electrons. The Balaban J connectivity index is 1.96. The van der Waals surface area contributed by atoms with E-state index in [2.05, 4.69) is 9.97 Å². The summed E-state index contributed by atoms with van der Waals surface area (Å²) in [4.78, 5) is 17.5. The molecule has 0 saturated heterocycles. The van der Waals surface area contributed by atoms with Crippen LogP contribution in [0, 0.1) is 10.1 Å². The van der Waals surface area contributed by atoms with Crippen LogP contribution < -0.4 is 4.74 Å². The number of ether oxygens (including phenoxy) is 1. The van der Waals surface area contributed by atoms with Crippen LogP contribution in [0.5, 0.6) is 5.75 Å². The molecule has 0 radical (unpaired) electrons. The molecule has 0 bridgehead atoms. The standard InChI is InChI=1S/C15H13N3O4/c1-22-11-5-2-9(3-6-11)14(19)15-16-12-7-4-10(18(20)21)8-13(12)17-15/h2-8,14,19H,1H3,(H,16,17). The van der Waals surface area contributed by atoms with E-state index in [-0.39, 0.29) is 5.69 Å². The Morgan fingerprint density at radius 1 is 1.27 bits per heavy atom. The Kier molecular flexibility index (Phi) is 3.48. The molecule has 1 heterocycles. The molecule has 3 aromatic rings. The number of aliphatic hydroxyl groups is 1. The highest BCUT2D eigenvalue weighted by Gasteiger charge is 2.16. The number of benzene rings is 2. The molecule has 0 saturated carbocycles. The maximum Gasteiger partial charge on any atom is 0.271 e. The quantitative estimate of drug-likeness (QED) is 0.569. The molecule has 7 heteroatoms. The van der Waals surface area contributed by atoms with Gasteiger partial charge in [-0.25, -0.2) is 4.98 Å². The second-order valence-corrected chi connectivity index (χ2v) is 4.76. The third-order valence-corrected chi connectivity index (χ3v) is 3.39. The van der Waals surface area contributed by atoms with Gasteiger partial charge in [-0.1, -0.05) is 12.1 Å². The Hall–Kier alpha value is -2.93. The summed E-state index contributed by atoms with van der Waals surface area (Å²) in [5.41, 5.74) is 1.68. The average molecular weight is 299 g/mol. The number of aromatic nitrogens is 2. The lowest BCUT2D eigenvalue weighted by Gasteiger charge is -2.08. The van der Waals surface area contributed by atoms with Crippen molar-refractivity contribution in [3.63, 3.8) is 0 Å². The summed E-state index contributed by atoms with van der Waals surface area (Å²) in [6, 6.07) is 11.3. The number of methoxy groups -OCH3 is 1. The van der Waals surface area contributed by atoms with Crippen molar-refractivity contribution in [3.05, 3.63) is 64.0 Å². The van der Waals surface area contributed by atoms with Gasteiger partial charge < -0.3 is 14.8 Å². The van der Waals surface area contributed by atoms with Crippen LogP contribution in [0.25, 0.3) is 11.0 Å². The summed E-state index contributed by atoms with van der Waals surface area (Å²) in [6.45, 7) is 0. The average Bonchev–Trinajstić information content (AvgIpc) is 2.97. The van der Waals surface area contributed by atoms with E-state index in [1.165, 1.54) is 12.1 Å². The first-order valence-electron chi connectivity index (χ1n) is 6.54. The van der Waals surface area contributed by atoms with Gasteiger partial charge in [0.2, 0.25) is 0 Å². The fourth-order valence-corrected chi connectivity index (χ4v) is 2.20. The number of nitro groups is 1. The minimum absolute atomic E-state index is 0.0375. The Morgan fingerprint density at radius 2 is 2.00 bits per heavy atom. The van der Waals surface area contributed by atoms with Crippen molar-refractivity contribution < 1.29 is 14.8 Å². The van der Waals surface area contributed by atoms with Gasteiger partial charge >= 0.3 is 0 Å². The third kappa shape index (κ3) is 2.49. The number of rotatable bonds is 4. The largest absolute Gasteiger partial charge is 0.497 e. The molecule has 0 aliphatic rings. The molecule has 22 heavy (non-hydrogen) atoms. The predicted octanol–water partition coefficient (Wildman–Crippen LogP) is 2.56. The molecule has 0 spiro atoms. The number of hydrogen-bond donors (Lipinski definition) is 2. The lowest BCUT2D eigenvalue weighted by atomic mass is 10.1. The van der Waals surface area contributed by atoms with Crippen LogP contribution in [0.3, 0.4) is 0 Å². The number of hydrogen-bond acceptors (Lipinski definition) is 5. The first-order chi connectivity index (χ1) is 10.6. The molecule has 0 aliphatic heterocycles. The third-order valence-electron chi connectivity index (χ3n) is 3.39. The van der Waals surface area contributed by atoms with Gasteiger partial charge in [-0.15, -0.1) is 0 Å². The van der Waals surface area contributed by atoms with Gasteiger partial charge in [0.1, 0.15) is 17.7 Å². The molecule has 0 fully saturated rings. The highest BCUT2D eigenvalue weighted by molar-refractivity contribution is 5.77. The van der Waals surface area contributed by atoms with Crippen molar-refractivity contribution in [1.29, 1.82) is 0 Å². The zero-order chi connectivity index (χ0) is 15.7. The Bertz CT molecular complexity index is 826. The fraction of sp³-hybridized carbons (Fsp3) is 0.133.